The van der Waals surface area contributed by atoms with Crippen molar-refractivity contribution in [1.29, 1.82) is 0 Å². The van der Waals surface area contributed by atoms with Gasteiger partial charge >= 0.3 is 0 Å². The molecule has 0 aliphatic carbocycles. The molecule has 18 heavy (non-hydrogen) atoms. The van der Waals surface area contributed by atoms with Crippen molar-refractivity contribution in [2.75, 3.05) is 0 Å². The summed E-state index contributed by atoms with van der Waals surface area (Å²) < 4.78 is 1.54. The van der Waals surface area contributed by atoms with Gasteiger partial charge in [0.1, 0.15) is 0 Å². The van der Waals surface area contributed by atoms with Crippen molar-refractivity contribution in [1.82, 2.24) is 15.0 Å². The van der Waals surface area contributed by atoms with Gasteiger partial charge in [-0.2, -0.15) is 0 Å². The summed E-state index contributed by atoms with van der Waals surface area (Å²) in [6.45, 7) is 2.11. The van der Waals surface area contributed by atoms with Gasteiger partial charge in [0.25, 0.3) is 5.69 Å². The van der Waals surface area contributed by atoms with Gasteiger partial charge in [0.15, 0.2) is 0 Å². The van der Waals surface area contributed by atoms with Crippen LogP contribution in [0, 0.1) is 10.1 Å². The number of nitrogens with zero attached hydrogens (tertiary/aromatic N) is 4. The lowest BCUT2D eigenvalue weighted by Gasteiger charge is -2.02. The standard InChI is InChI=1S/C11H13N5O2/c1-8(12)10-7-15(14-13-10)6-9-4-2-3-5-11(9)16(17)18/h2-5,7-8H,6,12H2,1H3. The molecule has 1 heterocycles. The Bertz CT molecular complexity index is 564. The monoisotopic (exact) mass is 247 g/mol. The third-order valence-electron chi connectivity index (χ3n) is 2.54. The third-order valence-corrected chi connectivity index (χ3v) is 2.54. The average Bonchev–Trinajstić information content (AvgIpc) is 2.78. The molecule has 0 aliphatic rings. The molecule has 94 valence electrons. The number of hydrogen-bond acceptors (Lipinski definition) is 5. The number of benzene rings is 1. The molecule has 7 nitrogen and oxygen atoms in total. The summed E-state index contributed by atoms with van der Waals surface area (Å²) in [5, 5.41) is 18.7. The number of nitro benzene ring substituents is 1. The average molecular weight is 247 g/mol. The minimum Gasteiger partial charge on any atom is -0.323 e. The predicted octanol–water partition coefficient (Wildman–Crippen LogP) is 1.25. The van der Waals surface area contributed by atoms with Crippen LogP contribution >= 0.6 is 0 Å². The van der Waals surface area contributed by atoms with Crippen LogP contribution in [-0.4, -0.2) is 19.9 Å². The van der Waals surface area contributed by atoms with E-state index >= 15 is 0 Å². The van der Waals surface area contributed by atoms with E-state index in [1.54, 1.807) is 36.0 Å². The second-order valence-electron chi connectivity index (χ2n) is 4.02. The molecule has 1 unspecified atom stereocenters. The van der Waals surface area contributed by atoms with E-state index in [0.29, 0.717) is 17.8 Å². The van der Waals surface area contributed by atoms with Gasteiger partial charge in [0.2, 0.25) is 0 Å². The number of aromatic nitrogens is 3. The Balaban J connectivity index is 2.25. The molecule has 1 aromatic carbocycles. The summed E-state index contributed by atoms with van der Waals surface area (Å²) >= 11 is 0. The first-order valence-electron chi connectivity index (χ1n) is 5.46. The Morgan fingerprint density at radius 3 is 2.83 bits per heavy atom. The Hall–Kier alpha value is -2.28. The Morgan fingerprint density at radius 2 is 2.22 bits per heavy atom. The normalized spacial score (nSPS) is 12.3. The smallest absolute Gasteiger partial charge is 0.274 e. The summed E-state index contributed by atoms with van der Waals surface area (Å²) in [5.41, 5.74) is 7.00. The first-order valence-corrected chi connectivity index (χ1v) is 5.46. The van der Waals surface area contributed by atoms with Crippen molar-refractivity contribution in [3.8, 4) is 0 Å². The molecule has 2 aromatic rings. The van der Waals surface area contributed by atoms with Gasteiger partial charge in [-0.3, -0.25) is 10.1 Å². The molecular weight excluding hydrogens is 234 g/mol. The Labute approximate surface area is 103 Å². The molecule has 0 amide bonds. The van der Waals surface area contributed by atoms with Gasteiger partial charge in [-0.15, -0.1) is 5.10 Å². The predicted molar refractivity (Wildman–Crippen MR) is 64.8 cm³/mol. The van der Waals surface area contributed by atoms with Crippen molar-refractivity contribution in [2.24, 2.45) is 5.73 Å². The van der Waals surface area contributed by atoms with Crippen molar-refractivity contribution in [3.63, 3.8) is 0 Å². The molecule has 2 rings (SSSR count). The summed E-state index contributed by atoms with van der Waals surface area (Å²) in [6.07, 6.45) is 1.70. The van der Waals surface area contributed by atoms with E-state index in [1.165, 1.54) is 6.07 Å². The van der Waals surface area contributed by atoms with Gasteiger partial charge in [-0.1, -0.05) is 23.4 Å². The number of hydrogen-bond donors (Lipinski definition) is 1. The minimum absolute atomic E-state index is 0.0790. The quantitative estimate of drug-likeness (QED) is 0.647. The third kappa shape index (κ3) is 2.51. The van der Waals surface area contributed by atoms with Crippen molar-refractivity contribution in [2.45, 2.75) is 19.5 Å². The summed E-state index contributed by atoms with van der Waals surface area (Å²) in [7, 11) is 0. The van der Waals surface area contributed by atoms with Crippen LogP contribution < -0.4 is 5.73 Å². The molecule has 2 N–H and O–H groups in total. The van der Waals surface area contributed by atoms with Crippen molar-refractivity contribution >= 4 is 5.69 Å². The highest BCUT2D eigenvalue weighted by Crippen LogP contribution is 2.18. The van der Waals surface area contributed by atoms with Crippen LogP contribution in [0.1, 0.15) is 24.2 Å². The van der Waals surface area contributed by atoms with E-state index in [9.17, 15) is 10.1 Å². The highest BCUT2D eigenvalue weighted by atomic mass is 16.6. The van der Waals surface area contributed by atoms with Crippen LogP contribution in [0.2, 0.25) is 0 Å². The van der Waals surface area contributed by atoms with Crippen LogP contribution in [0.5, 0.6) is 0 Å². The van der Waals surface area contributed by atoms with Crippen LogP contribution in [0.3, 0.4) is 0 Å². The number of rotatable bonds is 4. The first kappa shape index (κ1) is 12.2. The Morgan fingerprint density at radius 1 is 1.50 bits per heavy atom. The van der Waals surface area contributed by atoms with Crippen LogP contribution in [-0.2, 0) is 6.54 Å². The lowest BCUT2D eigenvalue weighted by molar-refractivity contribution is -0.385. The van der Waals surface area contributed by atoms with Crippen LogP contribution in [0.25, 0.3) is 0 Å². The van der Waals surface area contributed by atoms with Gasteiger partial charge in [-0.25, -0.2) is 4.68 Å². The summed E-state index contributed by atoms with van der Waals surface area (Å²) in [4.78, 5) is 10.5. The van der Waals surface area contributed by atoms with Crippen LogP contribution in [0.15, 0.2) is 30.5 Å². The molecular formula is C11H13N5O2. The second-order valence-corrected chi connectivity index (χ2v) is 4.02. The van der Waals surface area contributed by atoms with E-state index in [-0.39, 0.29) is 11.7 Å². The van der Waals surface area contributed by atoms with Gasteiger partial charge in [0, 0.05) is 12.1 Å². The topological polar surface area (TPSA) is 99.9 Å². The summed E-state index contributed by atoms with van der Waals surface area (Å²) in [6, 6.07) is 6.36. The molecule has 0 fully saturated rings. The molecule has 0 saturated heterocycles. The lowest BCUT2D eigenvalue weighted by Crippen LogP contribution is -2.05. The van der Waals surface area contributed by atoms with E-state index in [1.807, 2.05) is 0 Å². The zero-order valence-electron chi connectivity index (χ0n) is 9.85. The molecule has 0 saturated carbocycles. The fraction of sp³-hybridized carbons (Fsp3) is 0.273. The number of nitrogens with two attached hydrogens (primary N) is 1. The Kier molecular flexibility index (Phi) is 3.33. The number of nitro groups is 1. The molecule has 0 spiro atoms. The molecule has 0 aliphatic heterocycles. The number of para-hydroxylation sites is 1. The van der Waals surface area contributed by atoms with E-state index < -0.39 is 4.92 Å². The molecule has 1 aromatic heterocycles. The van der Waals surface area contributed by atoms with Gasteiger partial charge in [-0.05, 0) is 6.92 Å². The highest BCUT2D eigenvalue weighted by molar-refractivity contribution is 5.39. The molecule has 0 bridgehead atoms. The van der Waals surface area contributed by atoms with E-state index in [0.717, 1.165) is 0 Å². The second kappa shape index (κ2) is 4.92. The molecule has 0 radical (unpaired) electrons. The van der Waals surface area contributed by atoms with Gasteiger partial charge < -0.3 is 5.73 Å². The maximum atomic E-state index is 10.9. The summed E-state index contributed by atoms with van der Waals surface area (Å²) in [5.74, 6) is 0. The maximum Gasteiger partial charge on any atom is 0.274 e. The lowest BCUT2D eigenvalue weighted by atomic mass is 10.2. The fourth-order valence-corrected chi connectivity index (χ4v) is 1.60. The minimum atomic E-state index is -0.404. The molecule has 1 atom stereocenters. The molecule has 7 heteroatoms. The van der Waals surface area contributed by atoms with Gasteiger partial charge in [0.05, 0.1) is 28.9 Å². The maximum absolute atomic E-state index is 10.9. The fourth-order valence-electron chi connectivity index (χ4n) is 1.60. The van der Waals surface area contributed by atoms with Crippen molar-refractivity contribution < 1.29 is 4.92 Å². The SMILES string of the molecule is CC(N)c1cn(Cc2ccccc2[N+](=O)[O-])nn1. The zero-order valence-corrected chi connectivity index (χ0v) is 9.85. The zero-order chi connectivity index (χ0) is 13.1. The van der Waals surface area contributed by atoms with E-state index in [4.69, 9.17) is 5.73 Å². The van der Waals surface area contributed by atoms with E-state index in [2.05, 4.69) is 10.3 Å². The first-order chi connectivity index (χ1) is 8.58. The van der Waals surface area contributed by atoms with Crippen LogP contribution in [0.4, 0.5) is 5.69 Å². The largest absolute Gasteiger partial charge is 0.323 e. The van der Waals surface area contributed by atoms with Crippen molar-refractivity contribution in [3.05, 3.63) is 51.8 Å². The highest BCUT2D eigenvalue weighted by Gasteiger charge is 2.13.